The Morgan fingerprint density at radius 3 is 2.68 bits per heavy atom. The monoisotopic (exact) mass is 249 g/mol. The molecule has 0 aliphatic heterocycles. The quantitative estimate of drug-likeness (QED) is 0.771. The highest BCUT2D eigenvalue weighted by Crippen LogP contribution is 2.12. The molecule has 2 aromatic carbocycles. The second-order valence-corrected chi connectivity index (χ2v) is 4.59. The summed E-state index contributed by atoms with van der Waals surface area (Å²) in [4.78, 5) is 8.93. The van der Waals surface area contributed by atoms with Gasteiger partial charge in [0.2, 0.25) is 0 Å². The van der Waals surface area contributed by atoms with Crippen molar-refractivity contribution >= 4 is 16.9 Å². The molecule has 3 aromatic rings. The summed E-state index contributed by atoms with van der Waals surface area (Å²) in [6.07, 6.45) is 1.78. The van der Waals surface area contributed by atoms with Crippen molar-refractivity contribution in [3.8, 4) is 0 Å². The van der Waals surface area contributed by atoms with Crippen molar-refractivity contribution in [1.29, 1.82) is 0 Å². The summed E-state index contributed by atoms with van der Waals surface area (Å²) in [5.41, 5.74) is 4.35. The van der Waals surface area contributed by atoms with Gasteiger partial charge in [-0.2, -0.15) is 0 Å². The van der Waals surface area contributed by atoms with E-state index in [0.717, 1.165) is 23.4 Å². The van der Waals surface area contributed by atoms with E-state index >= 15 is 0 Å². The second-order valence-electron chi connectivity index (χ2n) is 4.59. The SMILES string of the molecule is Cc1cccc(CNc2cnc3ccccc3n2)c1. The molecule has 0 aliphatic rings. The number of para-hydroxylation sites is 2. The molecule has 3 heteroatoms. The van der Waals surface area contributed by atoms with Gasteiger partial charge in [0, 0.05) is 6.54 Å². The number of hydrogen-bond donors (Lipinski definition) is 1. The van der Waals surface area contributed by atoms with Gasteiger partial charge in [0.15, 0.2) is 0 Å². The van der Waals surface area contributed by atoms with Crippen LogP contribution in [0, 0.1) is 6.92 Å². The molecule has 3 rings (SSSR count). The third-order valence-corrected chi connectivity index (χ3v) is 3.00. The van der Waals surface area contributed by atoms with Gasteiger partial charge in [0.1, 0.15) is 5.82 Å². The predicted molar refractivity (Wildman–Crippen MR) is 78.0 cm³/mol. The molecule has 0 saturated heterocycles. The largest absolute Gasteiger partial charge is 0.365 e. The van der Waals surface area contributed by atoms with Gasteiger partial charge < -0.3 is 5.32 Å². The normalized spacial score (nSPS) is 10.6. The van der Waals surface area contributed by atoms with Crippen LogP contribution in [0.1, 0.15) is 11.1 Å². The van der Waals surface area contributed by atoms with E-state index < -0.39 is 0 Å². The molecular weight excluding hydrogens is 234 g/mol. The average molecular weight is 249 g/mol. The van der Waals surface area contributed by atoms with E-state index in [-0.39, 0.29) is 0 Å². The maximum atomic E-state index is 4.54. The Kier molecular flexibility index (Phi) is 3.11. The van der Waals surface area contributed by atoms with Crippen LogP contribution in [-0.4, -0.2) is 9.97 Å². The van der Waals surface area contributed by atoms with Crippen molar-refractivity contribution in [3.05, 3.63) is 65.9 Å². The predicted octanol–water partition coefficient (Wildman–Crippen LogP) is 3.55. The van der Waals surface area contributed by atoms with E-state index in [1.165, 1.54) is 11.1 Å². The summed E-state index contributed by atoms with van der Waals surface area (Å²) in [5, 5.41) is 3.31. The van der Waals surface area contributed by atoms with Crippen LogP contribution < -0.4 is 5.32 Å². The fourth-order valence-electron chi connectivity index (χ4n) is 2.06. The molecule has 0 aliphatic carbocycles. The minimum absolute atomic E-state index is 0.759. The summed E-state index contributed by atoms with van der Waals surface area (Å²) in [6.45, 7) is 2.86. The zero-order valence-corrected chi connectivity index (χ0v) is 10.8. The van der Waals surface area contributed by atoms with Crippen LogP contribution >= 0.6 is 0 Å². The number of nitrogens with one attached hydrogen (secondary N) is 1. The Hall–Kier alpha value is -2.42. The molecule has 0 radical (unpaired) electrons. The minimum atomic E-state index is 0.759. The van der Waals surface area contributed by atoms with E-state index in [2.05, 4.69) is 46.5 Å². The summed E-state index contributed by atoms with van der Waals surface area (Å²) in [5.74, 6) is 0.806. The van der Waals surface area contributed by atoms with Crippen LogP contribution in [0.5, 0.6) is 0 Å². The highest BCUT2D eigenvalue weighted by atomic mass is 15.0. The van der Waals surface area contributed by atoms with Gasteiger partial charge in [-0.3, -0.25) is 4.98 Å². The minimum Gasteiger partial charge on any atom is -0.365 e. The van der Waals surface area contributed by atoms with Crippen molar-refractivity contribution < 1.29 is 0 Å². The van der Waals surface area contributed by atoms with E-state index in [0.29, 0.717) is 0 Å². The number of hydrogen-bond acceptors (Lipinski definition) is 3. The third kappa shape index (κ3) is 2.71. The molecule has 0 fully saturated rings. The first-order chi connectivity index (χ1) is 9.31. The van der Waals surface area contributed by atoms with Crippen molar-refractivity contribution in [2.24, 2.45) is 0 Å². The van der Waals surface area contributed by atoms with Gasteiger partial charge in [0.25, 0.3) is 0 Å². The molecule has 0 unspecified atom stereocenters. The lowest BCUT2D eigenvalue weighted by atomic mass is 10.1. The van der Waals surface area contributed by atoms with Gasteiger partial charge in [-0.1, -0.05) is 42.0 Å². The topological polar surface area (TPSA) is 37.8 Å². The maximum absolute atomic E-state index is 4.54. The van der Waals surface area contributed by atoms with Crippen molar-refractivity contribution in [2.45, 2.75) is 13.5 Å². The first kappa shape index (κ1) is 11.7. The van der Waals surface area contributed by atoms with Crippen LogP contribution in [0.2, 0.25) is 0 Å². The van der Waals surface area contributed by atoms with Crippen LogP contribution in [-0.2, 0) is 6.54 Å². The van der Waals surface area contributed by atoms with E-state index in [1.807, 2.05) is 24.3 Å². The molecule has 0 amide bonds. The van der Waals surface area contributed by atoms with Crippen molar-refractivity contribution in [1.82, 2.24) is 9.97 Å². The van der Waals surface area contributed by atoms with Crippen molar-refractivity contribution in [3.63, 3.8) is 0 Å². The number of rotatable bonds is 3. The molecule has 94 valence electrons. The number of fused-ring (bicyclic) bond motifs is 1. The Morgan fingerprint density at radius 1 is 1.00 bits per heavy atom. The molecule has 3 nitrogen and oxygen atoms in total. The van der Waals surface area contributed by atoms with E-state index in [9.17, 15) is 0 Å². The summed E-state index contributed by atoms with van der Waals surface area (Å²) in [7, 11) is 0. The molecule has 1 N–H and O–H groups in total. The fraction of sp³-hybridized carbons (Fsp3) is 0.125. The number of aryl methyl sites for hydroxylation is 1. The Labute approximate surface area is 112 Å². The van der Waals surface area contributed by atoms with E-state index in [1.54, 1.807) is 6.20 Å². The highest BCUT2D eigenvalue weighted by Gasteiger charge is 1.99. The van der Waals surface area contributed by atoms with Gasteiger partial charge in [-0.15, -0.1) is 0 Å². The summed E-state index contributed by atoms with van der Waals surface area (Å²) in [6, 6.07) is 16.3. The lowest BCUT2D eigenvalue weighted by Gasteiger charge is -2.07. The van der Waals surface area contributed by atoms with E-state index in [4.69, 9.17) is 0 Å². The van der Waals surface area contributed by atoms with Gasteiger partial charge in [-0.25, -0.2) is 4.98 Å². The number of anilines is 1. The first-order valence-corrected chi connectivity index (χ1v) is 6.32. The van der Waals surface area contributed by atoms with Gasteiger partial charge in [0.05, 0.1) is 17.2 Å². The first-order valence-electron chi connectivity index (χ1n) is 6.32. The fourth-order valence-corrected chi connectivity index (χ4v) is 2.06. The number of aromatic nitrogens is 2. The van der Waals surface area contributed by atoms with Crippen LogP contribution in [0.4, 0.5) is 5.82 Å². The number of nitrogens with zero attached hydrogens (tertiary/aromatic N) is 2. The summed E-state index contributed by atoms with van der Waals surface area (Å²) >= 11 is 0. The van der Waals surface area contributed by atoms with Crippen LogP contribution in [0.25, 0.3) is 11.0 Å². The molecule has 0 bridgehead atoms. The molecule has 0 atom stereocenters. The zero-order chi connectivity index (χ0) is 13.1. The molecule has 19 heavy (non-hydrogen) atoms. The standard InChI is InChI=1S/C16H15N3/c1-12-5-4-6-13(9-12)10-18-16-11-17-14-7-2-3-8-15(14)19-16/h2-9,11H,10H2,1H3,(H,18,19). The maximum Gasteiger partial charge on any atom is 0.145 e. The number of benzene rings is 2. The Bertz CT molecular complexity index is 707. The van der Waals surface area contributed by atoms with Gasteiger partial charge in [-0.05, 0) is 24.6 Å². The highest BCUT2D eigenvalue weighted by molar-refractivity contribution is 5.75. The summed E-state index contributed by atoms with van der Waals surface area (Å²) < 4.78 is 0. The van der Waals surface area contributed by atoms with Gasteiger partial charge >= 0.3 is 0 Å². The lowest BCUT2D eigenvalue weighted by Crippen LogP contribution is -2.02. The lowest BCUT2D eigenvalue weighted by molar-refractivity contribution is 1.10. The smallest absolute Gasteiger partial charge is 0.145 e. The molecule has 0 spiro atoms. The molecule has 1 heterocycles. The van der Waals surface area contributed by atoms with Crippen LogP contribution in [0.15, 0.2) is 54.7 Å². The molecular formula is C16H15N3. The Morgan fingerprint density at radius 2 is 1.84 bits per heavy atom. The molecule has 0 saturated carbocycles. The Balaban J connectivity index is 1.78. The molecule has 1 aromatic heterocycles. The average Bonchev–Trinajstić information content (AvgIpc) is 2.45. The van der Waals surface area contributed by atoms with Crippen molar-refractivity contribution in [2.75, 3.05) is 5.32 Å². The second kappa shape index (κ2) is 5.06. The zero-order valence-electron chi connectivity index (χ0n) is 10.8. The third-order valence-electron chi connectivity index (χ3n) is 3.00. The van der Waals surface area contributed by atoms with Crippen LogP contribution in [0.3, 0.4) is 0 Å².